The number of likely N-dealkylation sites (tertiary alicyclic amines) is 1. The maximum Gasteiger partial charge on any atom is 0.227 e. The zero-order valence-electron chi connectivity index (χ0n) is 15.0. The molecule has 0 radical (unpaired) electrons. The highest BCUT2D eigenvalue weighted by Crippen LogP contribution is 2.31. The number of halogens is 2. The molecule has 0 aromatic heterocycles. The summed E-state index contributed by atoms with van der Waals surface area (Å²) in [5, 5.41) is 4.21. The molecule has 142 valence electrons. The van der Waals surface area contributed by atoms with E-state index in [1.54, 1.807) is 12.1 Å². The van der Waals surface area contributed by atoms with E-state index in [2.05, 4.69) is 10.1 Å². The molecule has 7 heteroatoms. The van der Waals surface area contributed by atoms with Crippen LogP contribution in [0.25, 0.3) is 0 Å². The molecular weight excluding hydrogens is 373 g/mol. The molecule has 1 amide bonds. The van der Waals surface area contributed by atoms with E-state index >= 15 is 0 Å². The Bertz CT molecular complexity index is 664. The summed E-state index contributed by atoms with van der Waals surface area (Å²) < 4.78 is 0. The lowest BCUT2D eigenvalue weighted by atomic mass is 9.85. The van der Waals surface area contributed by atoms with Crippen molar-refractivity contribution < 1.29 is 4.79 Å². The minimum atomic E-state index is -0.195. The summed E-state index contributed by atoms with van der Waals surface area (Å²) in [5.74, 6) is 0.0316. The fourth-order valence-corrected chi connectivity index (χ4v) is 4.57. The number of hydrogen-bond donors (Lipinski definition) is 0. The number of carbonyl (C=O) groups excluding carboxylic acids is 1. The standard InChI is InChI=1S/C19H25Cl2N3O2/c1-23(19(25)11-13-4-6-15(20)16(21)10-13)18-12-14(22-26)5-7-17(18)24-8-2-3-9-24/h4,6,10,14,17-18H,2-3,5,7-9,11-12H2,1H3/t14?,17-,18-/m1/s1. The Balaban J connectivity index is 1.72. The lowest BCUT2D eigenvalue weighted by Crippen LogP contribution is -2.55. The number of amides is 1. The van der Waals surface area contributed by atoms with Gasteiger partial charge in [0, 0.05) is 19.1 Å². The van der Waals surface area contributed by atoms with Gasteiger partial charge >= 0.3 is 0 Å². The quantitative estimate of drug-likeness (QED) is 0.701. The largest absolute Gasteiger partial charge is 0.341 e. The third kappa shape index (κ3) is 4.38. The topological polar surface area (TPSA) is 53.0 Å². The van der Waals surface area contributed by atoms with Gasteiger partial charge in [-0.3, -0.25) is 9.69 Å². The Kier molecular flexibility index (Phi) is 6.54. The second-order valence-electron chi connectivity index (χ2n) is 7.38. The number of hydrogen-bond acceptors (Lipinski definition) is 4. The first-order chi connectivity index (χ1) is 12.5. The Hall–Kier alpha value is -1.17. The highest BCUT2D eigenvalue weighted by atomic mass is 35.5. The number of carbonyl (C=O) groups is 1. The average Bonchev–Trinajstić information content (AvgIpc) is 3.18. The lowest BCUT2D eigenvalue weighted by molar-refractivity contribution is -0.133. The van der Waals surface area contributed by atoms with Gasteiger partial charge in [-0.2, -0.15) is 4.91 Å². The van der Waals surface area contributed by atoms with E-state index in [0.717, 1.165) is 31.5 Å². The second kappa shape index (κ2) is 8.68. The van der Waals surface area contributed by atoms with Gasteiger partial charge in [-0.25, -0.2) is 0 Å². The van der Waals surface area contributed by atoms with Crippen LogP contribution in [0.4, 0.5) is 0 Å². The minimum Gasteiger partial charge on any atom is -0.341 e. The zero-order chi connectivity index (χ0) is 18.7. The first-order valence-electron chi connectivity index (χ1n) is 9.25. The molecule has 26 heavy (non-hydrogen) atoms. The monoisotopic (exact) mass is 397 g/mol. The number of benzene rings is 1. The summed E-state index contributed by atoms with van der Waals surface area (Å²) >= 11 is 12.0. The molecule has 2 fully saturated rings. The molecule has 0 spiro atoms. The Morgan fingerprint density at radius 2 is 1.96 bits per heavy atom. The summed E-state index contributed by atoms with van der Waals surface area (Å²) in [6.07, 6.45) is 5.07. The molecule has 1 saturated heterocycles. The summed E-state index contributed by atoms with van der Waals surface area (Å²) in [6.45, 7) is 2.16. The van der Waals surface area contributed by atoms with Gasteiger partial charge in [-0.1, -0.05) is 34.4 Å². The molecule has 3 rings (SSSR count). The van der Waals surface area contributed by atoms with Crippen molar-refractivity contribution in [2.24, 2.45) is 5.18 Å². The minimum absolute atomic E-state index is 0.0276. The first kappa shape index (κ1) is 19.6. The third-order valence-electron chi connectivity index (χ3n) is 5.74. The highest BCUT2D eigenvalue weighted by molar-refractivity contribution is 6.42. The molecule has 0 bridgehead atoms. The van der Waals surface area contributed by atoms with Crippen LogP contribution in [0.5, 0.6) is 0 Å². The Morgan fingerprint density at radius 3 is 2.62 bits per heavy atom. The SMILES string of the molecule is CN(C(=O)Cc1ccc(Cl)c(Cl)c1)[C@@H]1CC(N=O)CC[C@H]1N1CCCC1. The molecule has 2 aliphatic rings. The number of nitrogens with zero attached hydrogens (tertiary/aromatic N) is 3. The molecule has 1 saturated carbocycles. The smallest absolute Gasteiger partial charge is 0.227 e. The second-order valence-corrected chi connectivity index (χ2v) is 8.19. The molecule has 1 heterocycles. The molecule has 5 nitrogen and oxygen atoms in total. The summed E-state index contributed by atoms with van der Waals surface area (Å²) in [5.41, 5.74) is 0.842. The molecular formula is C19H25Cl2N3O2. The van der Waals surface area contributed by atoms with Crippen LogP contribution in [-0.2, 0) is 11.2 Å². The predicted octanol–water partition coefficient (Wildman–Crippen LogP) is 4.15. The van der Waals surface area contributed by atoms with Crippen LogP contribution >= 0.6 is 23.2 Å². The number of likely N-dealkylation sites (N-methyl/N-ethyl adjacent to an activating group) is 1. The number of nitroso groups, excluding NO2 is 1. The van der Waals surface area contributed by atoms with Gasteiger partial charge in [0.25, 0.3) is 0 Å². The van der Waals surface area contributed by atoms with Gasteiger partial charge in [-0.05, 0) is 62.9 Å². The molecule has 1 unspecified atom stereocenters. The van der Waals surface area contributed by atoms with Crippen molar-refractivity contribution in [3.05, 3.63) is 38.7 Å². The van der Waals surface area contributed by atoms with Gasteiger partial charge in [0.15, 0.2) is 0 Å². The molecule has 1 aliphatic heterocycles. The third-order valence-corrected chi connectivity index (χ3v) is 6.48. The molecule has 1 aromatic carbocycles. The van der Waals surface area contributed by atoms with Crippen LogP contribution in [0.15, 0.2) is 23.4 Å². The van der Waals surface area contributed by atoms with Crippen LogP contribution in [0.3, 0.4) is 0 Å². The van der Waals surface area contributed by atoms with Crippen LogP contribution < -0.4 is 0 Å². The van der Waals surface area contributed by atoms with Gasteiger partial charge in [-0.15, -0.1) is 0 Å². The van der Waals surface area contributed by atoms with E-state index in [9.17, 15) is 9.70 Å². The fourth-order valence-electron chi connectivity index (χ4n) is 4.25. The first-order valence-corrected chi connectivity index (χ1v) is 10.0. The molecule has 1 aromatic rings. The highest BCUT2D eigenvalue weighted by Gasteiger charge is 2.39. The van der Waals surface area contributed by atoms with Crippen LogP contribution in [0, 0.1) is 4.91 Å². The Labute approximate surface area is 164 Å². The maximum absolute atomic E-state index is 12.9. The van der Waals surface area contributed by atoms with E-state index in [1.807, 2.05) is 18.0 Å². The van der Waals surface area contributed by atoms with Crippen molar-refractivity contribution in [1.29, 1.82) is 0 Å². The van der Waals surface area contributed by atoms with Crippen LogP contribution in [-0.4, -0.2) is 54.0 Å². The van der Waals surface area contributed by atoms with Gasteiger partial charge < -0.3 is 4.90 Å². The van der Waals surface area contributed by atoms with E-state index < -0.39 is 0 Å². The van der Waals surface area contributed by atoms with Gasteiger partial charge in [0.05, 0.1) is 22.5 Å². The van der Waals surface area contributed by atoms with Crippen LogP contribution in [0.1, 0.15) is 37.7 Å². The molecule has 0 N–H and O–H groups in total. The van der Waals surface area contributed by atoms with E-state index in [1.165, 1.54) is 12.8 Å². The number of rotatable bonds is 5. The van der Waals surface area contributed by atoms with Crippen molar-refractivity contribution >= 4 is 29.1 Å². The van der Waals surface area contributed by atoms with Crippen molar-refractivity contribution in [2.75, 3.05) is 20.1 Å². The maximum atomic E-state index is 12.9. The summed E-state index contributed by atoms with van der Waals surface area (Å²) in [7, 11) is 1.85. The van der Waals surface area contributed by atoms with E-state index in [4.69, 9.17) is 23.2 Å². The average molecular weight is 398 g/mol. The summed E-state index contributed by atoms with van der Waals surface area (Å²) in [4.78, 5) is 28.3. The van der Waals surface area contributed by atoms with Crippen molar-refractivity contribution in [2.45, 2.75) is 56.7 Å². The predicted molar refractivity (Wildman–Crippen MR) is 105 cm³/mol. The van der Waals surface area contributed by atoms with Crippen molar-refractivity contribution in [1.82, 2.24) is 9.80 Å². The van der Waals surface area contributed by atoms with Crippen LogP contribution in [0.2, 0.25) is 10.0 Å². The normalized spacial score (nSPS) is 26.7. The molecule has 1 aliphatic carbocycles. The lowest BCUT2D eigenvalue weighted by Gasteiger charge is -2.43. The molecule has 3 atom stereocenters. The van der Waals surface area contributed by atoms with Gasteiger partial charge in [0.1, 0.15) is 0 Å². The van der Waals surface area contributed by atoms with Crippen molar-refractivity contribution in [3.63, 3.8) is 0 Å². The zero-order valence-corrected chi connectivity index (χ0v) is 16.5. The summed E-state index contributed by atoms with van der Waals surface area (Å²) in [6, 6.07) is 5.43. The van der Waals surface area contributed by atoms with Crippen molar-refractivity contribution in [3.8, 4) is 0 Å². The fraction of sp³-hybridized carbons (Fsp3) is 0.632. The van der Waals surface area contributed by atoms with E-state index in [-0.39, 0.29) is 24.4 Å². The van der Waals surface area contributed by atoms with Gasteiger partial charge in [0.2, 0.25) is 5.91 Å². The Morgan fingerprint density at radius 1 is 1.23 bits per heavy atom. The van der Waals surface area contributed by atoms with E-state index in [0.29, 0.717) is 22.5 Å².